The Labute approximate surface area is 171 Å². The smallest absolute Gasteiger partial charge is 0.254 e. The number of nitrogens with zero attached hydrogens (tertiary/aromatic N) is 3. The van der Waals surface area contributed by atoms with E-state index in [1.54, 1.807) is 10.6 Å². The SMILES string of the molecule is Cc1cccc2sc(NC(=O)C3CSc4nc(C(C)(C)C)cc(=O)n4C3)nc12. The minimum Gasteiger partial charge on any atom is -0.302 e. The Bertz CT molecular complexity index is 1130. The Balaban J connectivity index is 1.54. The first kappa shape index (κ1) is 19.1. The van der Waals surface area contributed by atoms with E-state index in [1.165, 1.54) is 23.1 Å². The highest BCUT2D eigenvalue weighted by Crippen LogP contribution is 2.31. The molecule has 8 heteroatoms. The molecule has 1 aliphatic heterocycles. The van der Waals surface area contributed by atoms with E-state index in [0.717, 1.165) is 21.5 Å². The number of carbonyl (C=O) groups excluding carboxylic acids is 1. The summed E-state index contributed by atoms with van der Waals surface area (Å²) >= 11 is 2.93. The highest BCUT2D eigenvalue weighted by molar-refractivity contribution is 7.99. The number of thiazole rings is 1. The molecule has 1 N–H and O–H groups in total. The van der Waals surface area contributed by atoms with Crippen LogP contribution in [0.15, 0.2) is 34.2 Å². The summed E-state index contributed by atoms with van der Waals surface area (Å²) in [4.78, 5) is 34.6. The molecule has 6 nitrogen and oxygen atoms in total. The van der Waals surface area contributed by atoms with Gasteiger partial charge in [-0.25, -0.2) is 9.97 Å². The largest absolute Gasteiger partial charge is 0.302 e. The second kappa shape index (κ2) is 7.00. The molecule has 0 bridgehead atoms. The summed E-state index contributed by atoms with van der Waals surface area (Å²) in [5.41, 5.74) is 2.50. The number of anilines is 1. The van der Waals surface area contributed by atoms with Crippen LogP contribution in [0, 0.1) is 12.8 Å². The van der Waals surface area contributed by atoms with Crippen LogP contribution in [0.2, 0.25) is 0 Å². The van der Waals surface area contributed by atoms with Gasteiger partial charge in [0.15, 0.2) is 10.3 Å². The third-order valence-electron chi connectivity index (χ3n) is 4.78. The molecule has 0 saturated heterocycles. The molecule has 0 fully saturated rings. The summed E-state index contributed by atoms with van der Waals surface area (Å²) in [5, 5.41) is 4.22. The number of rotatable bonds is 2. The topological polar surface area (TPSA) is 76.9 Å². The molecule has 2 aromatic heterocycles. The summed E-state index contributed by atoms with van der Waals surface area (Å²) in [6.45, 7) is 8.46. The van der Waals surface area contributed by atoms with E-state index in [1.807, 2.05) is 45.9 Å². The van der Waals surface area contributed by atoms with Gasteiger partial charge in [0.2, 0.25) is 5.91 Å². The highest BCUT2D eigenvalue weighted by atomic mass is 32.2. The predicted molar refractivity (Wildman–Crippen MR) is 114 cm³/mol. The molecule has 0 aliphatic carbocycles. The zero-order chi connectivity index (χ0) is 20.1. The highest BCUT2D eigenvalue weighted by Gasteiger charge is 2.29. The Morgan fingerprint density at radius 2 is 2.07 bits per heavy atom. The van der Waals surface area contributed by atoms with Crippen LogP contribution >= 0.6 is 23.1 Å². The Hall–Kier alpha value is -2.19. The summed E-state index contributed by atoms with van der Waals surface area (Å²) in [6, 6.07) is 7.58. The number of benzene rings is 1. The van der Waals surface area contributed by atoms with E-state index in [0.29, 0.717) is 22.6 Å². The quantitative estimate of drug-likeness (QED) is 0.645. The number of thioether (sulfide) groups is 1. The maximum absolute atomic E-state index is 12.8. The molecule has 28 heavy (non-hydrogen) atoms. The van der Waals surface area contributed by atoms with Gasteiger partial charge in [0, 0.05) is 23.8 Å². The number of aromatic nitrogens is 3. The van der Waals surface area contributed by atoms with Crippen molar-refractivity contribution in [2.24, 2.45) is 5.92 Å². The maximum atomic E-state index is 12.8. The van der Waals surface area contributed by atoms with Gasteiger partial charge in [-0.3, -0.25) is 14.2 Å². The van der Waals surface area contributed by atoms with Crippen molar-refractivity contribution in [1.29, 1.82) is 0 Å². The number of fused-ring (bicyclic) bond motifs is 2. The molecule has 3 heterocycles. The van der Waals surface area contributed by atoms with Crippen molar-refractivity contribution in [1.82, 2.24) is 14.5 Å². The zero-order valence-electron chi connectivity index (χ0n) is 16.3. The van der Waals surface area contributed by atoms with Crippen LogP contribution in [0.1, 0.15) is 32.0 Å². The number of nitrogens with one attached hydrogen (secondary N) is 1. The lowest BCUT2D eigenvalue weighted by Gasteiger charge is -2.26. The second-order valence-corrected chi connectivity index (χ2v) is 10.1. The Kier molecular flexibility index (Phi) is 4.79. The van der Waals surface area contributed by atoms with Crippen molar-refractivity contribution < 1.29 is 4.79 Å². The van der Waals surface area contributed by atoms with Gasteiger partial charge < -0.3 is 5.32 Å². The summed E-state index contributed by atoms with van der Waals surface area (Å²) in [7, 11) is 0. The van der Waals surface area contributed by atoms with Crippen LogP contribution in [0.5, 0.6) is 0 Å². The lowest BCUT2D eigenvalue weighted by Crippen LogP contribution is -2.37. The molecule has 0 spiro atoms. The number of aryl methyl sites for hydroxylation is 1. The van der Waals surface area contributed by atoms with Gasteiger partial charge in [0.25, 0.3) is 5.56 Å². The summed E-state index contributed by atoms with van der Waals surface area (Å²) in [6.07, 6.45) is 0. The van der Waals surface area contributed by atoms with Crippen molar-refractivity contribution in [2.75, 3.05) is 11.1 Å². The predicted octanol–water partition coefficient (Wildman–Crippen LogP) is 3.82. The van der Waals surface area contributed by atoms with Crippen LogP contribution in [0.3, 0.4) is 0 Å². The number of carbonyl (C=O) groups is 1. The fraction of sp³-hybridized carbons (Fsp3) is 0.400. The molecule has 3 aromatic rings. The van der Waals surface area contributed by atoms with E-state index in [2.05, 4.69) is 15.3 Å². The molecular weight excluding hydrogens is 392 g/mol. The molecule has 0 radical (unpaired) electrons. The number of amides is 1. The van der Waals surface area contributed by atoms with E-state index in [9.17, 15) is 9.59 Å². The third kappa shape index (κ3) is 3.58. The van der Waals surface area contributed by atoms with Gasteiger partial charge in [-0.2, -0.15) is 0 Å². The fourth-order valence-corrected chi connectivity index (χ4v) is 5.14. The minimum absolute atomic E-state index is 0.101. The van der Waals surface area contributed by atoms with Crippen molar-refractivity contribution >= 4 is 44.4 Å². The standard InChI is InChI=1S/C20H22N4O2S2/c1-11-6-5-7-13-16(11)22-18(28-13)23-17(26)12-9-24-15(25)8-14(20(2,3)4)21-19(24)27-10-12/h5-8,12H,9-10H2,1-4H3,(H,22,23,26). The van der Waals surface area contributed by atoms with E-state index < -0.39 is 0 Å². The van der Waals surface area contributed by atoms with Crippen molar-refractivity contribution in [3.63, 3.8) is 0 Å². The van der Waals surface area contributed by atoms with Crippen molar-refractivity contribution in [3.8, 4) is 0 Å². The monoisotopic (exact) mass is 414 g/mol. The molecule has 1 unspecified atom stereocenters. The average Bonchev–Trinajstić information content (AvgIpc) is 3.04. The number of hydrogen-bond donors (Lipinski definition) is 1. The molecule has 1 atom stereocenters. The maximum Gasteiger partial charge on any atom is 0.254 e. The molecule has 1 amide bonds. The summed E-state index contributed by atoms with van der Waals surface area (Å²) in [5.74, 6) is 0.183. The molecule has 4 rings (SSSR count). The van der Waals surface area contributed by atoms with Crippen LogP contribution in [0.25, 0.3) is 10.2 Å². The molecule has 1 aromatic carbocycles. The summed E-state index contributed by atoms with van der Waals surface area (Å²) < 4.78 is 2.66. The van der Waals surface area contributed by atoms with E-state index >= 15 is 0 Å². The first-order valence-corrected chi connectivity index (χ1v) is 10.9. The van der Waals surface area contributed by atoms with E-state index in [4.69, 9.17) is 0 Å². The minimum atomic E-state index is -0.300. The molecule has 0 saturated carbocycles. The van der Waals surface area contributed by atoms with Crippen LogP contribution in [-0.4, -0.2) is 26.2 Å². The lowest BCUT2D eigenvalue weighted by molar-refractivity contribution is -0.119. The van der Waals surface area contributed by atoms with Gasteiger partial charge in [-0.1, -0.05) is 56.0 Å². The third-order valence-corrected chi connectivity index (χ3v) is 6.85. The fourth-order valence-electron chi connectivity index (χ4n) is 3.10. The van der Waals surface area contributed by atoms with Crippen molar-refractivity contribution in [2.45, 2.75) is 44.8 Å². The Morgan fingerprint density at radius 1 is 1.29 bits per heavy atom. The van der Waals surface area contributed by atoms with Gasteiger partial charge in [-0.05, 0) is 18.6 Å². The Morgan fingerprint density at radius 3 is 2.79 bits per heavy atom. The molecular formula is C20H22N4O2S2. The van der Waals surface area contributed by atoms with Gasteiger partial charge in [0.05, 0.1) is 21.8 Å². The number of para-hydroxylation sites is 1. The van der Waals surface area contributed by atoms with Crippen molar-refractivity contribution in [3.05, 3.63) is 45.9 Å². The second-order valence-electron chi connectivity index (χ2n) is 8.06. The number of hydrogen-bond acceptors (Lipinski definition) is 6. The average molecular weight is 415 g/mol. The molecule has 1 aliphatic rings. The van der Waals surface area contributed by atoms with Gasteiger partial charge >= 0.3 is 0 Å². The van der Waals surface area contributed by atoms with Crippen LogP contribution in [0.4, 0.5) is 5.13 Å². The first-order valence-electron chi connectivity index (χ1n) is 9.14. The lowest BCUT2D eigenvalue weighted by atomic mass is 9.92. The normalized spacial score (nSPS) is 16.8. The van der Waals surface area contributed by atoms with Crippen LogP contribution in [-0.2, 0) is 16.8 Å². The van der Waals surface area contributed by atoms with Gasteiger partial charge in [0.1, 0.15) is 0 Å². The first-order chi connectivity index (χ1) is 13.2. The zero-order valence-corrected chi connectivity index (χ0v) is 17.9. The van der Waals surface area contributed by atoms with Gasteiger partial charge in [-0.15, -0.1) is 0 Å². The molecule has 146 valence electrons. The van der Waals surface area contributed by atoms with E-state index in [-0.39, 0.29) is 22.8 Å². The van der Waals surface area contributed by atoms with Crippen LogP contribution < -0.4 is 10.9 Å².